The molecule has 3 aromatic rings. The van der Waals surface area contributed by atoms with E-state index >= 15 is 0 Å². The Morgan fingerprint density at radius 1 is 1.04 bits per heavy atom. The van der Waals surface area contributed by atoms with Crippen molar-refractivity contribution in [1.82, 2.24) is 3.97 Å². The highest BCUT2D eigenvalue weighted by atomic mass is 32.2. The molecule has 0 saturated heterocycles. The molecule has 0 fully saturated rings. The zero-order chi connectivity index (χ0) is 18.2. The summed E-state index contributed by atoms with van der Waals surface area (Å²) in [5.41, 5.74) is 0.0287. The number of hydrogen-bond acceptors (Lipinski definition) is 6. The molecular weight excluding hydrogens is 348 g/mol. The molecule has 2 aromatic carbocycles. The first-order valence-electron chi connectivity index (χ1n) is 7.11. The number of nitro groups is 1. The van der Waals surface area contributed by atoms with E-state index in [2.05, 4.69) is 0 Å². The van der Waals surface area contributed by atoms with Crippen LogP contribution in [0.4, 0.5) is 5.69 Å². The molecule has 9 heteroatoms. The van der Waals surface area contributed by atoms with Crippen LogP contribution < -0.4 is 9.47 Å². The van der Waals surface area contributed by atoms with Crippen molar-refractivity contribution >= 4 is 26.6 Å². The summed E-state index contributed by atoms with van der Waals surface area (Å²) >= 11 is 0. The van der Waals surface area contributed by atoms with Crippen LogP contribution >= 0.6 is 0 Å². The Labute approximate surface area is 143 Å². The van der Waals surface area contributed by atoms with E-state index in [1.807, 2.05) is 0 Å². The van der Waals surface area contributed by atoms with Crippen molar-refractivity contribution in [1.29, 1.82) is 0 Å². The number of rotatable bonds is 5. The highest BCUT2D eigenvalue weighted by molar-refractivity contribution is 7.90. The van der Waals surface area contributed by atoms with Gasteiger partial charge < -0.3 is 9.47 Å². The molecule has 0 N–H and O–H groups in total. The number of nitro benzene ring substituents is 1. The van der Waals surface area contributed by atoms with Gasteiger partial charge in [0.25, 0.3) is 10.0 Å². The molecule has 0 bridgehead atoms. The molecule has 0 amide bonds. The molecule has 3 rings (SSSR count). The second-order valence-corrected chi connectivity index (χ2v) is 6.95. The first-order valence-corrected chi connectivity index (χ1v) is 8.55. The Kier molecular flexibility index (Phi) is 4.09. The maximum Gasteiger partial charge on any atom is 0.312 e. The standard InChI is InChI=1S/C16H14N2O6S/c1-23-12-3-5-14-11(9-12)7-8-17(14)25(21,22)13-4-6-16(24-2)15(10-13)18(19)20/h3-10H,1-2H3. The first-order chi connectivity index (χ1) is 11.9. The quantitative estimate of drug-likeness (QED) is 0.511. The molecule has 0 spiro atoms. The van der Waals surface area contributed by atoms with E-state index in [4.69, 9.17) is 9.47 Å². The van der Waals surface area contributed by atoms with E-state index < -0.39 is 20.6 Å². The Bertz CT molecular complexity index is 1070. The lowest BCUT2D eigenvalue weighted by atomic mass is 10.2. The monoisotopic (exact) mass is 362 g/mol. The van der Waals surface area contributed by atoms with Gasteiger partial charge in [0.1, 0.15) is 5.75 Å². The minimum absolute atomic E-state index is 0.00829. The van der Waals surface area contributed by atoms with E-state index in [1.165, 1.54) is 32.5 Å². The lowest BCUT2D eigenvalue weighted by Gasteiger charge is -2.09. The third-order valence-electron chi connectivity index (χ3n) is 3.77. The number of methoxy groups -OCH3 is 2. The number of fused-ring (bicyclic) bond motifs is 1. The zero-order valence-electron chi connectivity index (χ0n) is 13.4. The summed E-state index contributed by atoms with van der Waals surface area (Å²) in [7, 11) is -1.21. The number of nitrogens with zero attached hydrogens (tertiary/aromatic N) is 2. The molecule has 0 aliphatic rings. The van der Waals surface area contributed by atoms with Crippen molar-refractivity contribution in [3.05, 3.63) is 58.8 Å². The highest BCUT2D eigenvalue weighted by Crippen LogP contribution is 2.31. The molecular formula is C16H14N2O6S. The number of hydrogen-bond donors (Lipinski definition) is 0. The highest BCUT2D eigenvalue weighted by Gasteiger charge is 2.24. The minimum Gasteiger partial charge on any atom is -0.497 e. The van der Waals surface area contributed by atoms with Crippen LogP contribution in [0.2, 0.25) is 0 Å². The predicted octanol–water partition coefficient (Wildman–Crippen LogP) is 2.80. The van der Waals surface area contributed by atoms with E-state index in [-0.39, 0.29) is 10.6 Å². The smallest absolute Gasteiger partial charge is 0.312 e. The van der Waals surface area contributed by atoms with Crippen LogP contribution in [0.3, 0.4) is 0 Å². The van der Waals surface area contributed by atoms with Crippen LogP contribution in [0.1, 0.15) is 0 Å². The van der Waals surface area contributed by atoms with Crippen molar-refractivity contribution in [3.8, 4) is 11.5 Å². The summed E-state index contributed by atoms with van der Waals surface area (Å²) in [5, 5.41) is 11.8. The Balaban J connectivity index is 2.17. The number of aromatic nitrogens is 1. The maximum atomic E-state index is 12.9. The molecule has 0 atom stereocenters. The second-order valence-electron chi connectivity index (χ2n) is 5.13. The summed E-state index contributed by atoms with van der Waals surface area (Å²) in [6, 6.07) is 10.1. The van der Waals surface area contributed by atoms with Crippen molar-refractivity contribution in [2.75, 3.05) is 14.2 Å². The molecule has 0 radical (unpaired) electrons. The maximum absolute atomic E-state index is 12.9. The second kappa shape index (κ2) is 6.10. The van der Waals surface area contributed by atoms with Gasteiger partial charge in [0.2, 0.25) is 0 Å². The average Bonchev–Trinajstić information content (AvgIpc) is 3.04. The molecule has 0 saturated carbocycles. The van der Waals surface area contributed by atoms with Gasteiger partial charge in [-0.25, -0.2) is 12.4 Å². The van der Waals surface area contributed by atoms with Gasteiger partial charge in [-0.05, 0) is 36.4 Å². The van der Waals surface area contributed by atoms with E-state index in [9.17, 15) is 18.5 Å². The fourth-order valence-electron chi connectivity index (χ4n) is 2.52. The Hall–Kier alpha value is -3.07. The van der Waals surface area contributed by atoms with Crippen molar-refractivity contribution in [2.45, 2.75) is 4.90 Å². The van der Waals surface area contributed by atoms with E-state index in [1.54, 1.807) is 24.3 Å². The first kappa shape index (κ1) is 16.8. The third-order valence-corrected chi connectivity index (χ3v) is 5.45. The van der Waals surface area contributed by atoms with Crippen LogP contribution in [0.15, 0.2) is 53.6 Å². The Morgan fingerprint density at radius 2 is 1.80 bits per heavy atom. The summed E-state index contributed by atoms with van der Waals surface area (Å²) in [5.74, 6) is 0.591. The van der Waals surface area contributed by atoms with Crippen LogP contribution in [0.25, 0.3) is 10.9 Å². The van der Waals surface area contributed by atoms with E-state index in [0.29, 0.717) is 16.7 Å². The molecule has 0 aliphatic carbocycles. The SMILES string of the molecule is COc1ccc2c(ccn2S(=O)(=O)c2ccc(OC)c([N+](=O)[O-])c2)c1. The summed E-state index contributed by atoms with van der Waals surface area (Å²) in [6.07, 6.45) is 1.40. The fourth-order valence-corrected chi connectivity index (χ4v) is 3.89. The molecule has 0 aliphatic heterocycles. The summed E-state index contributed by atoms with van der Waals surface area (Å²) < 4.78 is 36.9. The van der Waals surface area contributed by atoms with Crippen LogP contribution in [0, 0.1) is 10.1 Å². The molecule has 0 unspecified atom stereocenters. The van der Waals surface area contributed by atoms with Crippen LogP contribution in [-0.2, 0) is 10.0 Å². The van der Waals surface area contributed by atoms with Gasteiger partial charge >= 0.3 is 5.69 Å². The van der Waals surface area contributed by atoms with Crippen molar-refractivity contribution < 1.29 is 22.8 Å². The topological polar surface area (TPSA) is 101 Å². The lowest BCUT2D eigenvalue weighted by Crippen LogP contribution is -2.12. The van der Waals surface area contributed by atoms with Gasteiger partial charge in [-0.2, -0.15) is 0 Å². The van der Waals surface area contributed by atoms with Crippen LogP contribution in [0.5, 0.6) is 11.5 Å². The molecule has 1 heterocycles. The normalized spacial score (nSPS) is 11.4. The van der Waals surface area contributed by atoms with Gasteiger partial charge in [0.15, 0.2) is 5.75 Å². The van der Waals surface area contributed by atoms with Crippen molar-refractivity contribution in [3.63, 3.8) is 0 Å². The van der Waals surface area contributed by atoms with E-state index in [0.717, 1.165) is 10.0 Å². The van der Waals surface area contributed by atoms with Gasteiger partial charge in [-0.1, -0.05) is 0 Å². The third kappa shape index (κ3) is 2.78. The summed E-state index contributed by atoms with van der Waals surface area (Å²) in [4.78, 5) is 10.3. The average molecular weight is 362 g/mol. The fraction of sp³-hybridized carbons (Fsp3) is 0.125. The molecule has 130 valence electrons. The number of ether oxygens (including phenoxy) is 2. The molecule has 25 heavy (non-hydrogen) atoms. The van der Waals surface area contributed by atoms with Crippen molar-refractivity contribution in [2.24, 2.45) is 0 Å². The van der Waals surface area contributed by atoms with Gasteiger partial charge in [-0.3, -0.25) is 10.1 Å². The summed E-state index contributed by atoms with van der Waals surface area (Å²) in [6.45, 7) is 0. The predicted molar refractivity (Wildman–Crippen MR) is 90.7 cm³/mol. The van der Waals surface area contributed by atoms with Gasteiger partial charge in [0.05, 0.1) is 29.6 Å². The van der Waals surface area contributed by atoms with Crippen LogP contribution in [-0.4, -0.2) is 31.5 Å². The van der Waals surface area contributed by atoms with Gasteiger partial charge in [-0.15, -0.1) is 0 Å². The minimum atomic E-state index is -4.01. The number of benzene rings is 2. The largest absolute Gasteiger partial charge is 0.497 e. The molecule has 1 aromatic heterocycles. The Morgan fingerprint density at radius 3 is 2.44 bits per heavy atom. The van der Waals surface area contributed by atoms with Gasteiger partial charge in [0, 0.05) is 17.6 Å². The zero-order valence-corrected chi connectivity index (χ0v) is 14.2. The molecule has 8 nitrogen and oxygen atoms in total. The lowest BCUT2D eigenvalue weighted by molar-refractivity contribution is -0.386.